The van der Waals surface area contributed by atoms with Gasteiger partial charge in [-0.2, -0.15) is 4.79 Å². The first-order valence-corrected chi connectivity index (χ1v) is 7.96. The lowest BCUT2D eigenvalue weighted by molar-refractivity contribution is -0.857. The zero-order valence-corrected chi connectivity index (χ0v) is 12.9. The Morgan fingerprint density at radius 2 is 2.14 bits per heavy atom. The van der Waals surface area contributed by atoms with Gasteiger partial charge in [0.05, 0.1) is 18.1 Å². The maximum absolute atomic E-state index is 12.3. The zero-order chi connectivity index (χ0) is 15.6. The summed E-state index contributed by atoms with van der Waals surface area (Å²) in [5, 5.41) is 3.11. The van der Waals surface area contributed by atoms with Gasteiger partial charge in [-0.15, -0.1) is 0 Å². The molecule has 0 radical (unpaired) electrons. The lowest BCUT2D eigenvalue weighted by Crippen LogP contribution is -3.19. The van der Waals surface area contributed by atoms with Gasteiger partial charge in [-0.05, 0) is 18.9 Å². The van der Waals surface area contributed by atoms with E-state index in [2.05, 4.69) is 12.2 Å². The van der Waals surface area contributed by atoms with Gasteiger partial charge in [-0.1, -0.05) is 30.3 Å². The molecule has 0 saturated carbocycles. The first-order valence-electron chi connectivity index (χ1n) is 7.96. The van der Waals surface area contributed by atoms with E-state index in [9.17, 15) is 9.59 Å². The minimum atomic E-state index is -0.185. The topological polar surface area (TPSA) is 59.8 Å². The summed E-state index contributed by atoms with van der Waals surface area (Å²) < 4.78 is 5.45. The van der Waals surface area contributed by atoms with Crippen LogP contribution in [0.4, 0.5) is 4.79 Å². The lowest BCUT2D eigenvalue weighted by atomic mass is 9.83. The smallest absolute Gasteiger partial charge is 0.415 e. The standard InChI is InChI=1S/C17H22N2O3/c1-13-11-17(8-7-15(20)18-17)9-10-19(13)16(21)22-12-14-5-3-2-4-6-14/h2-6,13H,7-12H2,1H3,(H,18,20)/p+1. The Morgan fingerprint density at radius 1 is 1.36 bits per heavy atom. The van der Waals surface area contributed by atoms with E-state index >= 15 is 0 Å². The highest BCUT2D eigenvalue weighted by atomic mass is 16.6. The van der Waals surface area contributed by atoms with E-state index in [1.54, 1.807) is 0 Å². The summed E-state index contributed by atoms with van der Waals surface area (Å²) in [5.41, 5.74) is 0.916. The van der Waals surface area contributed by atoms with Crippen molar-refractivity contribution in [1.29, 1.82) is 0 Å². The van der Waals surface area contributed by atoms with Crippen LogP contribution in [0.1, 0.15) is 38.2 Å². The number of ether oxygens (including phenoxy) is 1. The molecule has 1 aromatic carbocycles. The van der Waals surface area contributed by atoms with Gasteiger partial charge in [0.25, 0.3) is 0 Å². The van der Waals surface area contributed by atoms with Crippen molar-refractivity contribution in [2.24, 2.45) is 0 Å². The molecule has 2 fully saturated rings. The summed E-state index contributed by atoms with van der Waals surface area (Å²) in [6.45, 7) is 3.09. The first-order chi connectivity index (χ1) is 10.6. The molecule has 3 rings (SSSR count). The van der Waals surface area contributed by atoms with Crippen LogP contribution in [0.3, 0.4) is 0 Å². The monoisotopic (exact) mass is 303 g/mol. The molecule has 2 aliphatic rings. The van der Waals surface area contributed by atoms with Crippen LogP contribution in [0.25, 0.3) is 0 Å². The predicted molar refractivity (Wildman–Crippen MR) is 81.3 cm³/mol. The third kappa shape index (κ3) is 3.14. The van der Waals surface area contributed by atoms with Gasteiger partial charge in [0.1, 0.15) is 6.61 Å². The molecule has 5 heteroatoms. The van der Waals surface area contributed by atoms with Crippen molar-refractivity contribution in [3.8, 4) is 0 Å². The van der Waals surface area contributed by atoms with Crippen molar-refractivity contribution in [3.63, 3.8) is 0 Å². The molecule has 0 bridgehead atoms. The summed E-state index contributed by atoms with van der Waals surface area (Å²) in [7, 11) is 0. The number of nitrogens with one attached hydrogen (secondary N) is 2. The van der Waals surface area contributed by atoms with Crippen LogP contribution < -0.4 is 10.2 Å². The Hall–Kier alpha value is -1.88. The van der Waals surface area contributed by atoms with Crippen molar-refractivity contribution in [2.45, 2.75) is 50.8 Å². The molecule has 3 atom stereocenters. The van der Waals surface area contributed by atoms with E-state index in [0.29, 0.717) is 13.0 Å². The molecule has 2 amide bonds. The molecule has 0 aliphatic carbocycles. The fraction of sp³-hybridized carbons (Fsp3) is 0.529. The number of benzene rings is 1. The molecule has 2 heterocycles. The van der Waals surface area contributed by atoms with E-state index in [1.807, 2.05) is 30.3 Å². The van der Waals surface area contributed by atoms with Gasteiger partial charge in [-0.25, -0.2) is 4.90 Å². The largest absolute Gasteiger partial charge is 0.514 e. The van der Waals surface area contributed by atoms with Crippen LogP contribution in [0.5, 0.6) is 0 Å². The van der Waals surface area contributed by atoms with E-state index in [4.69, 9.17) is 4.74 Å². The molecular formula is C17H23N2O3+. The van der Waals surface area contributed by atoms with Gasteiger partial charge in [-0.3, -0.25) is 4.79 Å². The average molecular weight is 303 g/mol. The maximum atomic E-state index is 12.3. The first kappa shape index (κ1) is 15.0. The highest BCUT2D eigenvalue weighted by Gasteiger charge is 2.47. The number of carbonyl (C=O) groups is 2. The molecule has 22 heavy (non-hydrogen) atoms. The summed E-state index contributed by atoms with van der Waals surface area (Å²) in [4.78, 5) is 24.7. The quantitative estimate of drug-likeness (QED) is 0.858. The number of rotatable bonds is 2. The number of alkyl carbamates (subject to hydrolysis) is 2. The fourth-order valence-corrected chi connectivity index (χ4v) is 3.66. The highest BCUT2D eigenvalue weighted by molar-refractivity contribution is 5.79. The van der Waals surface area contributed by atoms with Crippen LogP contribution in [0, 0.1) is 0 Å². The van der Waals surface area contributed by atoms with Crippen molar-refractivity contribution in [1.82, 2.24) is 5.32 Å². The molecular weight excluding hydrogens is 280 g/mol. The van der Waals surface area contributed by atoms with Crippen molar-refractivity contribution in [2.75, 3.05) is 6.54 Å². The highest BCUT2D eigenvalue weighted by Crippen LogP contribution is 2.29. The van der Waals surface area contributed by atoms with Gasteiger partial charge < -0.3 is 10.1 Å². The maximum Gasteiger partial charge on any atom is 0.514 e. The number of piperidine rings is 1. The van der Waals surface area contributed by atoms with E-state index < -0.39 is 0 Å². The number of quaternary nitrogens is 1. The van der Waals surface area contributed by atoms with Crippen LogP contribution in [-0.2, 0) is 16.1 Å². The second-order valence-electron chi connectivity index (χ2n) is 6.52. The van der Waals surface area contributed by atoms with Gasteiger partial charge in [0.2, 0.25) is 5.91 Å². The minimum Gasteiger partial charge on any atom is -0.415 e. The van der Waals surface area contributed by atoms with Crippen LogP contribution >= 0.6 is 0 Å². The van der Waals surface area contributed by atoms with E-state index in [1.165, 1.54) is 0 Å². The number of hydrogen-bond acceptors (Lipinski definition) is 3. The van der Waals surface area contributed by atoms with E-state index in [-0.39, 0.29) is 23.6 Å². The molecule has 2 aliphatic heterocycles. The van der Waals surface area contributed by atoms with Crippen LogP contribution in [0.2, 0.25) is 0 Å². The van der Waals surface area contributed by atoms with Crippen molar-refractivity contribution < 1.29 is 19.2 Å². The molecule has 0 aromatic heterocycles. The number of hydrogen-bond donors (Lipinski definition) is 2. The lowest BCUT2D eigenvalue weighted by Gasteiger charge is -2.39. The summed E-state index contributed by atoms with van der Waals surface area (Å²) in [6, 6.07) is 9.88. The van der Waals surface area contributed by atoms with E-state index in [0.717, 1.165) is 36.3 Å². The number of likely N-dealkylation sites (tertiary alicyclic amines) is 1. The SMILES string of the molecule is CC1CC2(CCC(=O)N2)CC[NH+]1C(=O)OCc1ccccc1. The second kappa shape index (κ2) is 6.08. The van der Waals surface area contributed by atoms with Gasteiger partial charge in [0.15, 0.2) is 0 Å². The number of amides is 2. The Labute approximate surface area is 130 Å². The molecule has 1 aromatic rings. The molecule has 2 saturated heterocycles. The Bertz CT molecular complexity index is 560. The average Bonchev–Trinajstić information content (AvgIpc) is 2.86. The normalized spacial score (nSPS) is 31.0. The molecule has 1 spiro atoms. The van der Waals surface area contributed by atoms with Crippen molar-refractivity contribution in [3.05, 3.63) is 35.9 Å². The van der Waals surface area contributed by atoms with Crippen LogP contribution in [-0.4, -0.2) is 30.1 Å². The minimum absolute atomic E-state index is 0.0836. The Kier molecular flexibility index (Phi) is 4.16. The van der Waals surface area contributed by atoms with Gasteiger partial charge >= 0.3 is 6.09 Å². The molecule has 5 nitrogen and oxygen atoms in total. The Morgan fingerprint density at radius 3 is 2.77 bits per heavy atom. The summed E-state index contributed by atoms with van der Waals surface area (Å²) in [6.07, 6.45) is 3.01. The summed E-state index contributed by atoms with van der Waals surface area (Å²) in [5.74, 6) is 0.141. The fourth-order valence-electron chi connectivity index (χ4n) is 3.66. The van der Waals surface area contributed by atoms with Crippen LogP contribution in [0.15, 0.2) is 30.3 Å². The molecule has 2 N–H and O–H groups in total. The molecule has 118 valence electrons. The van der Waals surface area contributed by atoms with Crippen molar-refractivity contribution >= 4 is 12.0 Å². The predicted octanol–water partition coefficient (Wildman–Crippen LogP) is 1.04. The third-order valence-corrected chi connectivity index (χ3v) is 4.87. The summed E-state index contributed by atoms with van der Waals surface area (Å²) >= 11 is 0. The molecule has 3 unspecified atom stereocenters. The number of carbonyl (C=O) groups excluding carboxylic acids is 2. The zero-order valence-electron chi connectivity index (χ0n) is 12.9. The van der Waals surface area contributed by atoms with Gasteiger partial charge in [0, 0.05) is 19.3 Å². The third-order valence-electron chi connectivity index (χ3n) is 4.87. The Balaban J connectivity index is 1.55. The second-order valence-corrected chi connectivity index (χ2v) is 6.52.